The van der Waals surface area contributed by atoms with Gasteiger partial charge in [0, 0.05) is 23.2 Å². The summed E-state index contributed by atoms with van der Waals surface area (Å²) in [6.07, 6.45) is 4.42. The average Bonchev–Trinajstić information content (AvgIpc) is 3.27. The third-order valence-electron chi connectivity index (χ3n) is 4.08. The fourth-order valence-corrected chi connectivity index (χ4v) is 5.21. The molecule has 2 aromatic rings. The highest BCUT2D eigenvalue weighted by atomic mass is 32.2. The molecule has 1 saturated carbocycles. The van der Waals surface area contributed by atoms with E-state index in [0.29, 0.717) is 18.0 Å². The number of nitrogens with one attached hydrogen (secondary N) is 1. The second-order valence-electron chi connectivity index (χ2n) is 6.44. The van der Waals surface area contributed by atoms with Crippen LogP contribution in [0, 0.1) is 0 Å². The summed E-state index contributed by atoms with van der Waals surface area (Å²) in [7, 11) is -3.60. The Balaban J connectivity index is 1.97. The topological polar surface area (TPSA) is 98.2 Å². The molecule has 26 heavy (non-hydrogen) atoms. The van der Waals surface area contributed by atoms with E-state index in [1.165, 1.54) is 23.5 Å². The van der Waals surface area contributed by atoms with E-state index in [0.717, 1.165) is 12.8 Å². The zero-order valence-electron chi connectivity index (χ0n) is 14.6. The molecular weight excluding hydrogens is 374 g/mol. The number of rotatable bonds is 6. The number of amides is 1. The molecular formula is C17H21N3O4S2. The van der Waals surface area contributed by atoms with Crippen LogP contribution in [-0.2, 0) is 9.84 Å². The number of ether oxygens (including phenoxy) is 1. The Labute approximate surface area is 156 Å². The van der Waals surface area contributed by atoms with Crippen molar-refractivity contribution in [3.63, 3.8) is 0 Å². The van der Waals surface area contributed by atoms with Crippen LogP contribution >= 0.6 is 11.3 Å². The second-order valence-corrected chi connectivity index (χ2v) is 9.51. The van der Waals surface area contributed by atoms with Crippen molar-refractivity contribution in [1.82, 2.24) is 9.97 Å². The fraction of sp³-hybridized carbons (Fsp3) is 0.471. The molecule has 9 heteroatoms. The number of aromatic nitrogens is 2. The maximum Gasteiger partial charge on any atom is 0.257 e. The van der Waals surface area contributed by atoms with E-state index in [9.17, 15) is 13.2 Å². The van der Waals surface area contributed by atoms with Gasteiger partial charge in [-0.3, -0.25) is 10.1 Å². The number of pyridine rings is 1. The van der Waals surface area contributed by atoms with Crippen LogP contribution in [-0.4, -0.2) is 35.6 Å². The number of carbonyl (C=O) groups is 1. The van der Waals surface area contributed by atoms with E-state index < -0.39 is 21.0 Å². The molecule has 1 N–H and O–H groups in total. The molecule has 0 unspecified atom stereocenters. The number of thiazole rings is 1. The van der Waals surface area contributed by atoms with Gasteiger partial charge in [0.15, 0.2) is 20.0 Å². The zero-order valence-corrected chi connectivity index (χ0v) is 16.3. The van der Waals surface area contributed by atoms with Crippen LogP contribution in [0.3, 0.4) is 0 Å². The second kappa shape index (κ2) is 7.71. The molecule has 7 nitrogen and oxygen atoms in total. The lowest BCUT2D eigenvalue weighted by Gasteiger charge is -2.15. The third kappa shape index (κ3) is 4.21. The quantitative estimate of drug-likeness (QED) is 0.806. The maximum atomic E-state index is 12.9. The summed E-state index contributed by atoms with van der Waals surface area (Å²) in [6, 6.07) is 2.78. The normalized spacial score (nSPS) is 15.3. The molecule has 2 heterocycles. The van der Waals surface area contributed by atoms with Crippen LogP contribution < -0.4 is 10.1 Å². The fourth-order valence-electron chi connectivity index (χ4n) is 2.88. The summed E-state index contributed by atoms with van der Waals surface area (Å²) in [4.78, 5) is 20.7. The number of anilines is 1. The molecule has 0 saturated heterocycles. The van der Waals surface area contributed by atoms with Crippen molar-refractivity contribution in [2.45, 2.75) is 55.9 Å². The lowest BCUT2D eigenvalue weighted by molar-refractivity contribution is 0.102. The minimum absolute atomic E-state index is 0.105. The van der Waals surface area contributed by atoms with E-state index in [1.54, 1.807) is 11.6 Å². The van der Waals surface area contributed by atoms with E-state index in [-0.39, 0.29) is 22.6 Å². The first-order chi connectivity index (χ1) is 12.4. The standard InChI is InChI=1S/C17H21N3O4S2/c1-11(2)24-14-9-12(16(21)20-17-18-7-8-25-17)10-15(19-14)26(22,23)13-5-3-4-6-13/h7-11,13H,3-6H2,1-2H3,(H,18,20,21). The monoisotopic (exact) mass is 395 g/mol. The Morgan fingerprint density at radius 1 is 1.31 bits per heavy atom. The maximum absolute atomic E-state index is 12.9. The van der Waals surface area contributed by atoms with Crippen molar-refractivity contribution in [2.24, 2.45) is 0 Å². The number of carbonyl (C=O) groups excluding carboxylic acids is 1. The summed E-state index contributed by atoms with van der Waals surface area (Å²) in [5, 5.41) is 4.29. The number of hydrogen-bond acceptors (Lipinski definition) is 7. The van der Waals surface area contributed by atoms with Gasteiger partial charge in [0.25, 0.3) is 5.91 Å². The van der Waals surface area contributed by atoms with E-state index in [4.69, 9.17) is 4.74 Å². The highest BCUT2D eigenvalue weighted by Crippen LogP contribution is 2.30. The molecule has 0 bridgehead atoms. The van der Waals surface area contributed by atoms with Gasteiger partial charge < -0.3 is 4.74 Å². The highest BCUT2D eigenvalue weighted by Gasteiger charge is 2.32. The van der Waals surface area contributed by atoms with Crippen molar-refractivity contribution < 1.29 is 17.9 Å². The van der Waals surface area contributed by atoms with Crippen molar-refractivity contribution in [3.05, 3.63) is 29.3 Å². The van der Waals surface area contributed by atoms with Crippen LogP contribution in [0.25, 0.3) is 0 Å². The van der Waals surface area contributed by atoms with Gasteiger partial charge in [0.2, 0.25) is 5.88 Å². The van der Waals surface area contributed by atoms with Crippen molar-refractivity contribution in [3.8, 4) is 5.88 Å². The molecule has 1 amide bonds. The van der Waals surface area contributed by atoms with Gasteiger partial charge in [-0.2, -0.15) is 0 Å². The molecule has 0 spiro atoms. The van der Waals surface area contributed by atoms with Crippen LogP contribution in [0.1, 0.15) is 49.9 Å². The molecule has 1 fully saturated rings. The van der Waals surface area contributed by atoms with Crippen molar-refractivity contribution >= 4 is 32.2 Å². The summed E-state index contributed by atoms with van der Waals surface area (Å²) < 4.78 is 31.4. The Kier molecular flexibility index (Phi) is 5.57. The lowest BCUT2D eigenvalue weighted by atomic mass is 10.2. The van der Waals surface area contributed by atoms with E-state index in [1.807, 2.05) is 13.8 Å². The minimum Gasteiger partial charge on any atom is -0.475 e. The Bertz CT molecular complexity index is 873. The smallest absolute Gasteiger partial charge is 0.257 e. The molecule has 2 aromatic heterocycles. The van der Waals surface area contributed by atoms with Crippen molar-refractivity contribution in [2.75, 3.05) is 5.32 Å². The van der Waals surface area contributed by atoms with Crippen LogP contribution in [0.2, 0.25) is 0 Å². The van der Waals surface area contributed by atoms with Crippen LogP contribution in [0.15, 0.2) is 28.7 Å². The van der Waals surface area contributed by atoms with E-state index in [2.05, 4.69) is 15.3 Å². The Morgan fingerprint density at radius 3 is 2.65 bits per heavy atom. The first-order valence-corrected chi connectivity index (χ1v) is 10.9. The predicted molar refractivity (Wildman–Crippen MR) is 99.5 cm³/mol. The molecule has 3 rings (SSSR count). The lowest BCUT2D eigenvalue weighted by Crippen LogP contribution is -2.21. The Morgan fingerprint density at radius 2 is 2.04 bits per heavy atom. The van der Waals surface area contributed by atoms with Crippen molar-refractivity contribution in [1.29, 1.82) is 0 Å². The zero-order chi connectivity index (χ0) is 18.7. The summed E-state index contributed by atoms with van der Waals surface area (Å²) in [5.74, 6) is -0.317. The largest absolute Gasteiger partial charge is 0.475 e. The van der Waals surface area contributed by atoms with Gasteiger partial charge in [-0.05, 0) is 32.8 Å². The molecule has 0 aliphatic heterocycles. The number of nitrogens with zero attached hydrogens (tertiary/aromatic N) is 2. The highest BCUT2D eigenvalue weighted by molar-refractivity contribution is 7.92. The number of sulfone groups is 1. The van der Waals surface area contributed by atoms with Gasteiger partial charge in [0.05, 0.1) is 11.4 Å². The molecule has 1 aliphatic carbocycles. The molecule has 0 radical (unpaired) electrons. The third-order valence-corrected chi connectivity index (χ3v) is 6.91. The first kappa shape index (κ1) is 18.8. The molecule has 0 atom stereocenters. The Hall–Kier alpha value is -2.00. The first-order valence-electron chi connectivity index (χ1n) is 8.50. The van der Waals surface area contributed by atoms with Gasteiger partial charge in [-0.1, -0.05) is 12.8 Å². The summed E-state index contributed by atoms with van der Waals surface area (Å²) in [6.45, 7) is 3.63. The SMILES string of the molecule is CC(C)Oc1cc(C(=O)Nc2nccs2)cc(S(=O)(=O)C2CCCC2)n1. The predicted octanol–water partition coefficient (Wildman–Crippen LogP) is 3.29. The van der Waals surface area contributed by atoms with Gasteiger partial charge in [-0.15, -0.1) is 11.3 Å². The van der Waals surface area contributed by atoms with Gasteiger partial charge in [-0.25, -0.2) is 18.4 Å². The molecule has 140 valence electrons. The summed E-state index contributed by atoms with van der Waals surface area (Å²) >= 11 is 1.28. The summed E-state index contributed by atoms with van der Waals surface area (Å²) in [5.41, 5.74) is 0.183. The average molecular weight is 396 g/mol. The number of hydrogen-bond donors (Lipinski definition) is 1. The molecule has 0 aromatic carbocycles. The minimum atomic E-state index is -3.60. The van der Waals surface area contributed by atoms with Crippen LogP contribution in [0.4, 0.5) is 5.13 Å². The van der Waals surface area contributed by atoms with Crippen LogP contribution in [0.5, 0.6) is 5.88 Å². The van der Waals surface area contributed by atoms with Gasteiger partial charge >= 0.3 is 0 Å². The molecule has 1 aliphatic rings. The van der Waals surface area contributed by atoms with Gasteiger partial charge in [0.1, 0.15) is 0 Å². The van der Waals surface area contributed by atoms with E-state index >= 15 is 0 Å².